The second kappa shape index (κ2) is 8.77. The highest BCUT2D eigenvalue weighted by Crippen LogP contribution is 2.38. The molecule has 0 saturated carbocycles. The number of nitrogens with zero attached hydrogens (tertiary/aromatic N) is 1. The van der Waals surface area contributed by atoms with E-state index in [9.17, 15) is 9.59 Å². The van der Waals surface area contributed by atoms with Crippen molar-refractivity contribution >= 4 is 63.5 Å². The molecule has 1 N–H and O–H groups in total. The van der Waals surface area contributed by atoms with Gasteiger partial charge < -0.3 is 9.84 Å². The van der Waals surface area contributed by atoms with Crippen molar-refractivity contribution in [1.29, 1.82) is 0 Å². The maximum Gasteiger partial charge on any atom is 0.344 e. The lowest BCUT2D eigenvalue weighted by Gasteiger charge is -2.15. The third-order valence-corrected chi connectivity index (χ3v) is 5.61. The maximum absolute atomic E-state index is 12.8. The van der Waals surface area contributed by atoms with Gasteiger partial charge in [0.05, 0.1) is 15.6 Å². The van der Waals surface area contributed by atoms with Gasteiger partial charge in [-0.15, -0.1) is 0 Å². The number of carboxylic acid groups (broad SMARTS) is 1. The molecular weight excluding hydrogens is 418 g/mol. The minimum Gasteiger partial charge on any atom is -0.479 e. The van der Waals surface area contributed by atoms with E-state index in [1.165, 1.54) is 16.7 Å². The smallest absolute Gasteiger partial charge is 0.344 e. The van der Waals surface area contributed by atoms with Gasteiger partial charge in [0.15, 0.2) is 10.4 Å². The molecule has 144 valence electrons. The summed E-state index contributed by atoms with van der Waals surface area (Å²) in [5, 5.41) is 9.52. The van der Waals surface area contributed by atoms with Gasteiger partial charge in [-0.25, -0.2) is 4.79 Å². The molecule has 5 nitrogen and oxygen atoms in total. The van der Waals surface area contributed by atoms with Crippen LogP contribution in [0.4, 0.5) is 5.69 Å². The predicted molar refractivity (Wildman–Crippen MR) is 116 cm³/mol. The summed E-state index contributed by atoms with van der Waals surface area (Å²) in [7, 11) is 0. The number of para-hydroxylation sites is 1. The van der Waals surface area contributed by atoms with Gasteiger partial charge in [0.2, 0.25) is 0 Å². The Labute approximate surface area is 176 Å². The zero-order valence-electron chi connectivity index (χ0n) is 14.8. The summed E-state index contributed by atoms with van der Waals surface area (Å²) in [5.74, 6) is -0.787. The van der Waals surface area contributed by atoms with Gasteiger partial charge in [-0.2, -0.15) is 0 Å². The Balaban J connectivity index is 1.79. The molecule has 2 aromatic carbocycles. The number of rotatable bonds is 6. The summed E-state index contributed by atoms with van der Waals surface area (Å²) in [5.41, 5.74) is 1.33. The second-order valence-electron chi connectivity index (χ2n) is 5.89. The number of carbonyl (C=O) groups excluding carboxylic acids is 1. The number of aliphatic carboxylic acids is 1. The molecule has 0 aliphatic carbocycles. The SMILES string of the molecule is CCC(Oc1ccc(/C=C2/SC(=S)N(c3ccccc3Cl)C2=O)cc1)C(=O)O. The van der Waals surface area contributed by atoms with Crippen LogP contribution in [0.5, 0.6) is 5.75 Å². The number of anilines is 1. The van der Waals surface area contributed by atoms with Crippen LogP contribution in [0.15, 0.2) is 53.4 Å². The maximum atomic E-state index is 12.8. The zero-order chi connectivity index (χ0) is 20.3. The van der Waals surface area contributed by atoms with Crippen LogP contribution in [0.25, 0.3) is 6.08 Å². The Morgan fingerprint density at radius 2 is 1.96 bits per heavy atom. The van der Waals surface area contributed by atoms with Crippen molar-refractivity contribution < 1.29 is 19.4 Å². The first-order chi connectivity index (χ1) is 13.4. The Kier molecular flexibility index (Phi) is 6.39. The molecule has 0 bridgehead atoms. The van der Waals surface area contributed by atoms with Crippen LogP contribution < -0.4 is 9.64 Å². The third-order valence-electron chi connectivity index (χ3n) is 3.99. The van der Waals surface area contributed by atoms with E-state index in [1.807, 2.05) is 0 Å². The lowest BCUT2D eigenvalue weighted by Crippen LogP contribution is -2.27. The monoisotopic (exact) mass is 433 g/mol. The molecule has 1 atom stereocenters. The molecule has 0 aromatic heterocycles. The predicted octanol–water partition coefficient (Wildman–Crippen LogP) is 4.99. The molecular formula is C20H16ClNO4S2. The first-order valence-electron chi connectivity index (χ1n) is 8.42. The number of thiocarbonyl (C=S) groups is 1. The fraction of sp³-hybridized carbons (Fsp3) is 0.150. The molecule has 1 heterocycles. The Hall–Kier alpha value is -2.35. The first kappa shape index (κ1) is 20.4. The lowest BCUT2D eigenvalue weighted by molar-refractivity contribution is -0.145. The first-order valence-corrected chi connectivity index (χ1v) is 10.0. The van der Waals surface area contributed by atoms with Crippen LogP contribution >= 0.6 is 35.6 Å². The molecule has 8 heteroatoms. The van der Waals surface area contributed by atoms with E-state index in [4.69, 9.17) is 33.7 Å². The number of ether oxygens (including phenoxy) is 1. The largest absolute Gasteiger partial charge is 0.479 e. The van der Waals surface area contributed by atoms with Gasteiger partial charge in [0.25, 0.3) is 5.91 Å². The molecule has 2 aromatic rings. The highest BCUT2D eigenvalue weighted by atomic mass is 35.5. The standard InChI is InChI=1S/C20H16ClNO4S2/c1-2-16(19(24)25)26-13-9-7-12(8-10-13)11-17-18(23)22(20(27)28-17)15-6-4-3-5-14(15)21/h3-11,16H,2H2,1H3,(H,24,25)/b17-11+. The Morgan fingerprint density at radius 1 is 1.29 bits per heavy atom. The van der Waals surface area contributed by atoms with E-state index in [0.29, 0.717) is 32.1 Å². The molecule has 1 saturated heterocycles. The van der Waals surface area contributed by atoms with E-state index in [2.05, 4.69) is 0 Å². The van der Waals surface area contributed by atoms with Crippen LogP contribution in [0.1, 0.15) is 18.9 Å². The average Bonchev–Trinajstić information content (AvgIpc) is 2.94. The van der Waals surface area contributed by atoms with Gasteiger partial charge in [0.1, 0.15) is 5.75 Å². The van der Waals surface area contributed by atoms with Crippen LogP contribution in [0.3, 0.4) is 0 Å². The number of amides is 1. The summed E-state index contributed by atoms with van der Waals surface area (Å²) in [6, 6.07) is 13.9. The van der Waals surface area contributed by atoms with Crippen LogP contribution in [0.2, 0.25) is 5.02 Å². The number of benzene rings is 2. The van der Waals surface area contributed by atoms with Crippen LogP contribution in [-0.2, 0) is 9.59 Å². The molecule has 1 unspecified atom stereocenters. The number of hydrogen-bond donors (Lipinski definition) is 1. The van der Waals surface area contributed by atoms with Gasteiger partial charge >= 0.3 is 5.97 Å². The van der Waals surface area contributed by atoms with Gasteiger partial charge in [-0.3, -0.25) is 9.69 Å². The van der Waals surface area contributed by atoms with E-state index in [1.54, 1.807) is 61.5 Å². The second-order valence-corrected chi connectivity index (χ2v) is 7.97. The third kappa shape index (κ3) is 4.38. The number of hydrogen-bond acceptors (Lipinski definition) is 5. The summed E-state index contributed by atoms with van der Waals surface area (Å²) in [6.07, 6.45) is 1.20. The van der Waals surface area contributed by atoms with Crippen molar-refractivity contribution in [2.24, 2.45) is 0 Å². The molecule has 3 rings (SSSR count). The van der Waals surface area contributed by atoms with E-state index in [-0.39, 0.29) is 5.91 Å². The van der Waals surface area contributed by atoms with E-state index >= 15 is 0 Å². The van der Waals surface area contributed by atoms with Crippen molar-refractivity contribution in [3.63, 3.8) is 0 Å². The normalized spacial score (nSPS) is 16.5. The van der Waals surface area contributed by atoms with E-state index in [0.717, 1.165) is 5.56 Å². The van der Waals surface area contributed by atoms with Gasteiger partial charge in [-0.05, 0) is 42.3 Å². The number of carboxylic acids is 1. The quantitative estimate of drug-likeness (QED) is 0.511. The van der Waals surface area contributed by atoms with Crippen molar-refractivity contribution in [2.45, 2.75) is 19.4 Å². The van der Waals surface area contributed by atoms with Crippen LogP contribution in [0, 0.1) is 0 Å². The Bertz CT molecular complexity index is 959. The number of halogens is 1. The highest BCUT2D eigenvalue weighted by Gasteiger charge is 2.34. The molecule has 0 radical (unpaired) electrons. The topological polar surface area (TPSA) is 66.8 Å². The molecule has 0 spiro atoms. The summed E-state index contributed by atoms with van der Waals surface area (Å²) < 4.78 is 5.85. The van der Waals surface area contributed by atoms with Gasteiger partial charge in [-0.1, -0.05) is 66.8 Å². The van der Waals surface area contributed by atoms with Crippen LogP contribution in [-0.4, -0.2) is 27.4 Å². The summed E-state index contributed by atoms with van der Waals surface area (Å²) in [4.78, 5) is 25.8. The molecule has 1 fully saturated rings. The highest BCUT2D eigenvalue weighted by molar-refractivity contribution is 8.27. The lowest BCUT2D eigenvalue weighted by atomic mass is 10.2. The van der Waals surface area contributed by atoms with E-state index < -0.39 is 12.1 Å². The van der Waals surface area contributed by atoms with Crippen molar-refractivity contribution in [3.8, 4) is 5.75 Å². The average molecular weight is 434 g/mol. The van der Waals surface area contributed by atoms with Crippen molar-refractivity contribution in [3.05, 3.63) is 64.0 Å². The zero-order valence-corrected chi connectivity index (χ0v) is 17.2. The minimum atomic E-state index is -1.00. The number of thioether (sulfide) groups is 1. The molecule has 28 heavy (non-hydrogen) atoms. The minimum absolute atomic E-state index is 0.236. The Morgan fingerprint density at radius 3 is 2.57 bits per heavy atom. The van der Waals surface area contributed by atoms with Crippen molar-refractivity contribution in [1.82, 2.24) is 0 Å². The molecule has 1 aliphatic rings. The summed E-state index contributed by atoms with van der Waals surface area (Å²) in [6.45, 7) is 1.74. The van der Waals surface area contributed by atoms with Crippen molar-refractivity contribution in [2.75, 3.05) is 4.90 Å². The fourth-order valence-corrected chi connectivity index (χ4v) is 4.08. The molecule has 1 amide bonds. The fourth-order valence-electron chi connectivity index (χ4n) is 2.58. The van der Waals surface area contributed by atoms with Gasteiger partial charge in [0, 0.05) is 0 Å². The summed E-state index contributed by atoms with van der Waals surface area (Å²) >= 11 is 12.8. The molecule has 1 aliphatic heterocycles. The number of carbonyl (C=O) groups is 2.